The molecule has 0 unspecified atom stereocenters. The van der Waals surface area contributed by atoms with Gasteiger partial charge in [0, 0.05) is 30.2 Å². The van der Waals surface area contributed by atoms with Gasteiger partial charge in [0.2, 0.25) is 0 Å². The minimum Gasteiger partial charge on any atom is -0.388 e. The number of hydrogen-bond donors (Lipinski definition) is 2. The average Bonchev–Trinajstić information content (AvgIpc) is 3.38. The third kappa shape index (κ3) is 2.97. The Bertz CT molecular complexity index is 918. The Labute approximate surface area is 150 Å². The Morgan fingerprint density at radius 1 is 1.42 bits per heavy atom. The van der Waals surface area contributed by atoms with E-state index in [1.165, 1.54) is 4.68 Å². The Morgan fingerprint density at radius 2 is 2.27 bits per heavy atom. The van der Waals surface area contributed by atoms with E-state index < -0.39 is 6.10 Å². The highest BCUT2D eigenvalue weighted by Crippen LogP contribution is 2.21. The Kier molecular flexibility index (Phi) is 4.44. The minimum absolute atomic E-state index is 0.183. The fourth-order valence-electron chi connectivity index (χ4n) is 3.28. The van der Waals surface area contributed by atoms with Gasteiger partial charge in [0.1, 0.15) is 12.1 Å². The van der Waals surface area contributed by atoms with Crippen LogP contribution in [-0.2, 0) is 11.3 Å². The van der Waals surface area contributed by atoms with Crippen molar-refractivity contribution in [2.45, 2.75) is 25.6 Å². The summed E-state index contributed by atoms with van der Waals surface area (Å²) in [6, 6.07) is 7.71. The van der Waals surface area contributed by atoms with Crippen molar-refractivity contribution >= 4 is 16.8 Å². The summed E-state index contributed by atoms with van der Waals surface area (Å²) in [6.07, 6.45) is 2.89. The lowest BCUT2D eigenvalue weighted by molar-refractivity contribution is 0.0747. The van der Waals surface area contributed by atoms with Gasteiger partial charge in [-0.05, 0) is 18.6 Å². The van der Waals surface area contributed by atoms with E-state index >= 15 is 0 Å². The molecule has 8 nitrogen and oxygen atoms in total. The molecule has 8 heteroatoms. The van der Waals surface area contributed by atoms with Gasteiger partial charge in [-0.25, -0.2) is 4.68 Å². The molecule has 0 bridgehead atoms. The monoisotopic (exact) mass is 355 g/mol. The van der Waals surface area contributed by atoms with Gasteiger partial charge in [0.25, 0.3) is 5.91 Å². The predicted molar refractivity (Wildman–Crippen MR) is 94.6 cm³/mol. The van der Waals surface area contributed by atoms with E-state index in [9.17, 15) is 9.90 Å². The molecule has 136 valence electrons. The number of carbonyl (C=O) groups excluding carboxylic acids is 1. The highest BCUT2D eigenvalue weighted by molar-refractivity contribution is 5.92. The van der Waals surface area contributed by atoms with Crippen molar-refractivity contribution in [2.24, 2.45) is 0 Å². The average molecular weight is 355 g/mol. The molecule has 0 saturated carbocycles. The number of H-pyrrole nitrogens is 1. The van der Waals surface area contributed by atoms with E-state index in [0.717, 1.165) is 16.5 Å². The van der Waals surface area contributed by atoms with Crippen molar-refractivity contribution in [3.63, 3.8) is 0 Å². The van der Waals surface area contributed by atoms with E-state index in [0.29, 0.717) is 19.7 Å². The van der Waals surface area contributed by atoms with Gasteiger partial charge in [-0.2, -0.15) is 0 Å². The summed E-state index contributed by atoms with van der Waals surface area (Å²) < 4.78 is 6.75. The van der Waals surface area contributed by atoms with Crippen LogP contribution >= 0.6 is 0 Å². The van der Waals surface area contributed by atoms with Crippen molar-refractivity contribution in [2.75, 3.05) is 19.8 Å². The normalized spacial score (nSPS) is 19.9. The summed E-state index contributed by atoms with van der Waals surface area (Å²) in [5, 5.41) is 19.0. The lowest BCUT2D eigenvalue weighted by atomic mass is 10.1. The van der Waals surface area contributed by atoms with Crippen LogP contribution in [0.2, 0.25) is 0 Å². The number of fused-ring (bicyclic) bond motifs is 1. The lowest BCUT2D eigenvalue weighted by Crippen LogP contribution is -2.30. The van der Waals surface area contributed by atoms with Crippen LogP contribution in [0.5, 0.6) is 0 Å². The number of carbonyl (C=O) groups is 1. The van der Waals surface area contributed by atoms with Crippen LogP contribution in [0.1, 0.15) is 29.0 Å². The molecule has 0 aliphatic carbocycles. The maximum Gasteiger partial charge on any atom is 0.276 e. The largest absolute Gasteiger partial charge is 0.388 e. The zero-order chi connectivity index (χ0) is 18.1. The summed E-state index contributed by atoms with van der Waals surface area (Å²) >= 11 is 0. The highest BCUT2D eigenvalue weighted by atomic mass is 16.5. The molecule has 2 atom stereocenters. The van der Waals surface area contributed by atoms with Gasteiger partial charge >= 0.3 is 0 Å². The number of nitrogens with zero attached hydrogens (tertiary/aromatic N) is 4. The second kappa shape index (κ2) is 6.89. The summed E-state index contributed by atoms with van der Waals surface area (Å²) in [6.45, 7) is 3.62. The number of aromatic nitrogens is 4. The van der Waals surface area contributed by atoms with Gasteiger partial charge in [-0.1, -0.05) is 23.4 Å². The van der Waals surface area contributed by atoms with Crippen LogP contribution in [0.15, 0.2) is 36.7 Å². The molecule has 3 aromatic rings. The maximum atomic E-state index is 12.9. The summed E-state index contributed by atoms with van der Waals surface area (Å²) in [7, 11) is 0. The Hall–Kier alpha value is -2.71. The molecule has 2 N–H and O–H groups in total. The van der Waals surface area contributed by atoms with Gasteiger partial charge in [0.05, 0.1) is 19.4 Å². The van der Waals surface area contributed by atoms with Crippen molar-refractivity contribution in [1.29, 1.82) is 0 Å². The lowest BCUT2D eigenvalue weighted by Gasteiger charge is -2.19. The Balaban J connectivity index is 1.53. The molecule has 4 rings (SSSR count). The van der Waals surface area contributed by atoms with Crippen LogP contribution in [-0.4, -0.2) is 61.8 Å². The third-order valence-electron chi connectivity index (χ3n) is 4.80. The molecule has 3 heterocycles. The zero-order valence-electron chi connectivity index (χ0n) is 14.5. The smallest absolute Gasteiger partial charge is 0.276 e. The number of amides is 1. The standard InChI is InChI=1S/C18H21N5O3/c1-2-22(8-12-7-19-14-6-4-3-5-13(12)14)18(25)15-9-23(21-20-15)16-10-26-11-17(16)24/h3-7,9,16-17,19,24H,2,8,10-11H2,1H3/t16-,17-/m1/s1. The van der Waals surface area contributed by atoms with E-state index in [1.54, 1.807) is 11.1 Å². The molecule has 1 aliphatic rings. The predicted octanol–water partition coefficient (Wildman–Crippen LogP) is 1.35. The number of ether oxygens (including phenoxy) is 1. The van der Waals surface area contributed by atoms with Gasteiger partial charge in [-0.15, -0.1) is 5.10 Å². The van der Waals surface area contributed by atoms with Crippen molar-refractivity contribution in [1.82, 2.24) is 24.9 Å². The van der Waals surface area contributed by atoms with Crippen LogP contribution in [0, 0.1) is 0 Å². The first-order valence-corrected chi connectivity index (χ1v) is 8.69. The molecule has 0 radical (unpaired) electrons. The van der Waals surface area contributed by atoms with Crippen LogP contribution < -0.4 is 0 Å². The molecule has 1 aromatic carbocycles. The molecule has 1 amide bonds. The van der Waals surface area contributed by atoms with Crippen LogP contribution in [0.4, 0.5) is 0 Å². The fourth-order valence-corrected chi connectivity index (χ4v) is 3.28. The molecule has 1 aliphatic heterocycles. The number of nitrogens with one attached hydrogen (secondary N) is 1. The summed E-state index contributed by atoms with van der Waals surface area (Å²) in [5.41, 5.74) is 2.38. The minimum atomic E-state index is -0.631. The fraction of sp³-hybridized carbons (Fsp3) is 0.389. The third-order valence-corrected chi connectivity index (χ3v) is 4.80. The summed E-state index contributed by atoms with van der Waals surface area (Å²) in [5.74, 6) is -0.183. The topological polar surface area (TPSA) is 96.3 Å². The molecular formula is C18H21N5O3. The highest BCUT2D eigenvalue weighted by Gasteiger charge is 2.30. The number of para-hydroxylation sites is 1. The van der Waals surface area contributed by atoms with Gasteiger partial charge < -0.3 is 19.7 Å². The van der Waals surface area contributed by atoms with Crippen molar-refractivity contribution < 1.29 is 14.6 Å². The summed E-state index contributed by atoms with van der Waals surface area (Å²) in [4.78, 5) is 17.8. The first kappa shape index (κ1) is 16.7. The number of aliphatic hydroxyl groups excluding tert-OH is 1. The number of benzene rings is 1. The molecular weight excluding hydrogens is 334 g/mol. The molecule has 2 aromatic heterocycles. The maximum absolute atomic E-state index is 12.9. The van der Waals surface area contributed by atoms with E-state index in [1.807, 2.05) is 37.4 Å². The van der Waals surface area contributed by atoms with E-state index in [2.05, 4.69) is 15.3 Å². The quantitative estimate of drug-likeness (QED) is 0.720. The SMILES string of the molecule is CCN(Cc1c[nH]c2ccccc12)C(=O)c1cn([C@@H]2COC[C@H]2O)nn1. The first-order valence-electron chi connectivity index (χ1n) is 8.69. The van der Waals surface area contributed by atoms with Crippen LogP contribution in [0.3, 0.4) is 0 Å². The molecule has 0 spiro atoms. The molecule has 1 fully saturated rings. The van der Waals surface area contributed by atoms with E-state index in [4.69, 9.17) is 4.74 Å². The second-order valence-corrected chi connectivity index (χ2v) is 6.43. The number of hydrogen-bond acceptors (Lipinski definition) is 5. The van der Waals surface area contributed by atoms with Crippen molar-refractivity contribution in [3.05, 3.63) is 47.9 Å². The molecule has 1 saturated heterocycles. The van der Waals surface area contributed by atoms with Crippen LogP contribution in [0.25, 0.3) is 10.9 Å². The van der Waals surface area contributed by atoms with Gasteiger partial charge in [0.15, 0.2) is 5.69 Å². The Morgan fingerprint density at radius 3 is 3.04 bits per heavy atom. The first-order chi connectivity index (χ1) is 12.7. The number of aromatic amines is 1. The zero-order valence-corrected chi connectivity index (χ0v) is 14.5. The second-order valence-electron chi connectivity index (χ2n) is 6.43. The number of aliphatic hydroxyl groups is 1. The van der Waals surface area contributed by atoms with Crippen molar-refractivity contribution in [3.8, 4) is 0 Å². The van der Waals surface area contributed by atoms with Gasteiger partial charge in [-0.3, -0.25) is 4.79 Å². The molecule has 26 heavy (non-hydrogen) atoms. The van der Waals surface area contributed by atoms with E-state index in [-0.39, 0.29) is 24.2 Å². The number of rotatable bonds is 5.